The van der Waals surface area contributed by atoms with Crippen LogP contribution < -0.4 is 0 Å². The second-order valence-corrected chi connectivity index (χ2v) is 5.51. The lowest BCUT2D eigenvalue weighted by Crippen LogP contribution is -2.28. The van der Waals surface area contributed by atoms with Crippen molar-refractivity contribution < 1.29 is 13.9 Å². The number of ether oxygens (including phenoxy) is 1. The van der Waals surface area contributed by atoms with E-state index in [1.165, 1.54) is 19.2 Å². The molecule has 0 aliphatic carbocycles. The molecule has 116 valence electrons. The van der Waals surface area contributed by atoms with E-state index < -0.39 is 0 Å². The predicted octanol–water partition coefficient (Wildman–Crippen LogP) is 1.85. The number of hydrogen-bond donors (Lipinski definition) is 0. The van der Waals surface area contributed by atoms with Crippen LogP contribution in [0.25, 0.3) is 11.3 Å². The molecule has 0 unspecified atom stereocenters. The zero-order valence-corrected chi connectivity index (χ0v) is 12.7. The number of nitrogens with zero attached hydrogens (tertiary/aromatic N) is 3. The molecule has 2 heterocycles. The summed E-state index contributed by atoms with van der Waals surface area (Å²) >= 11 is 0. The van der Waals surface area contributed by atoms with E-state index >= 15 is 0 Å². The summed E-state index contributed by atoms with van der Waals surface area (Å²) in [6, 6.07) is 6.39. The van der Waals surface area contributed by atoms with E-state index in [1.807, 2.05) is 13.1 Å². The second-order valence-electron chi connectivity index (χ2n) is 5.51. The van der Waals surface area contributed by atoms with Crippen molar-refractivity contribution >= 4 is 5.97 Å². The third-order valence-electron chi connectivity index (χ3n) is 3.93. The van der Waals surface area contributed by atoms with Crippen LogP contribution >= 0.6 is 0 Å². The van der Waals surface area contributed by atoms with Gasteiger partial charge in [-0.05, 0) is 19.2 Å². The van der Waals surface area contributed by atoms with Gasteiger partial charge in [0, 0.05) is 36.3 Å². The minimum atomic E-state index is -0.338. The van der Waals surface area contributed by atoms with Gasteiger partial charge in [-0.2, -0.15) is 5.10 Å². The van der Waals surface area contributed by atoms with Crippen molar-refractivity contribution in [1.82, 2.24) is 14.7 Å². The van der Waals surface area contributed by atoms with Crippen molar-refractivity contribution in [3.63, 3.8) is 0 Å². The Morgan fingerprint density at radius 3 is 3.00 bits per heavy atom. The fourth-order valence-corrected chi connectivity index (χ4v) is 2.81. The van der Waals surface area contributed by atoms with Crippen molar-refractivity contribution in [2.24, 2.45) is 0 Å². The molecule has 0 bridgehead atoms. The first-order valence-electron chi connectivity index (χ1n) is 7.18. The van der Waals surface area contributed by atoms with E-state index in [1.54, 1.807) is 10.7 Å². The molecule has 0 N–H and O–H groups in total. The highest BCUT2D eigenvalue weighted by atomic mass is 19.1. The molecule has 0 radical (unpaired) electrons. The highest BCUT2D eigenvalue weighted by Gasteiger charge is 2.25. The van der Waals surface area contributed by atoms with Gasteiger partial charge in [0.05, 0.1) is 12.8 Å². The summed E-state index contributed by atoms with van der Waals surface area (Å²) in [6.45, 7) is 1.72. The fraction of sp³-hybridized carbons (Fsp3) is 0.375. The Balaban J connectivity index is 2.08. The van der Waals surface area contributed by atoms with E-state index in [2.05, 4.69) is 10.00 Å². The summed E-state index contributed by atoms with van der Waals surface area (Å²) in [4.78, 5) is 13.8. The monoisotopic (exact) mass is 303 g/mol. The predicted molar refractivity (Wildman–Crippen MR) is 79.7 cm³/mol. The molecule has 1 aliphatic rings. The molecule has 0 fully saturated rings. The number of hydrogen-bond acceptors (Lipinski definition) is 4. The number of carbonyl (C=O) groups excluding carboxylic acids is 1. The zero-order chi connectivity index (χ0) is 15.7. The standard InChI is InChI=1S/C16H18FN3O2/c1-19-7-6-14-13(9-19)16(11-4-3-5-12(17)8-11)18-20(14)10-15(21)22-2/h3-5,8H,6-7,9-10H2,1-2H3. The average Bonchev–Trinajstić information content (AvgIpc) is 2.85. The molecule has 5 nitrogen and oxygen atoms in total. The molecule has 0 spiro atoms. The molecule has 1 aromatic carbocycles. The van der Waals surface area contributed by atoms with Crippen LogP contribution in [-0.2, 0) is 29.0 Å². The molecular formula is C16H18FN3O2. The van der Waals surface area contributed by atoms with Gasteiger partial charge in [-0.15, -0.1) is 0 Å². The maximum atomic E-state index is 13.5. The number of benzene rings is 1. The molecule has 3 rings (SSSR count). The molecule has 1 aliphatic heterocycles. The van der Waals surface area contributed by atoms with Gasteiger partial charge in [-0.25, -0.2) is 4.39 Å². The zero-order valence-electron chi connectivity index (χ0n) is 12.7. The fourth-order valence-electron chi connectivity index (χ4n) is 2.81. The minimum Gasteiger partial charge on any atom is -0.468 e. The average molecular weight is 303 g/mol. The van der Waals surface area contributed by atoms with Crippen molar-refractivity contribution in [1.29, 1.82) is 0 Å². The van der Waals surface area contributed by atoms with E-state index in [-0.39, 0.29) is 18.3 Å². The first-order chi connectivity index (χ1) is 10.6. The largest absolute Gasteiger partial charge is 0.468 e. The summed E-state index contributed by atoms with van der Waals surface area (Å²) in [5.74, 6) is -0.632. The van der Waals surface area contributed by atoms with Gasteiger partial charge >= 0.3 is 5.97 Å². The van der Waals surface area contributed by atoms with Crippen LogP contribution in [0.4, 0.5) is 4.39 Å². The summed E-state index contributed by atoms with van der Waals surface area (Å²) in [5.41, 5.74) is 3.56. The number of methoxy groups -OCH3 is 1. The molecule has 6 heteroatoms. The summed E-state index contributed by atoms with van der Waals surface area (Å²) in [6.07, 6.45) is 0.811. The van der Waals surface area contributed by atoms with Gasteiger partial charge in [0.15, 0.2) is 0 Å². The Labute approximate surface area is 128 Å². The van der Waals surface area contributed by atoms with Gasteiger partial charge < -0.3 is 9.64 Å². The van der Waals surface area contributed by atoms with Crippen molar-refractivity contribution in [2.45, 2.75) is 19.5 Å². The van der Waals surface area contributed by atoms with Crippen molar-refractivity contribution in [3.8, 4) is 11.3 Å². The van der Waals surface area contributed by atoms with E-state index in [0.29, 0.717) is 0 Å². The number of halogens is 1. The van der Waals surface area contributed by atoms with Crippen molar-refractivity contribution in [3.05, 3.63) is 41.3 Å². The maximum absolute atomic E-state index is 13.5. The van der Waals surface area contributed by atoms with Crippen LogP contribution in [0.5, 0.6) is 0 Å². The van der Waals surface area contributed by atoms with Crippen LogP contribution in [0, 0.1) is 5.82 Å². The first kappa shape index (κ1) is 14.7. The lowest BCUT2D eigenvalue weighted by Gasteiger charge is -2.23. The summed E-state index contributed by atoms with van der Waals surface area (Å²) in [7, 11) is 3.40. The quantitative estimate of drug-likeness (QED) is 0.812. The molecule has 2 aromatic rings. The van der Waals surface area contributed by atoms with Gasteiger partial charge in [0.1, 0.15) is 12.4 Å². The van der Waals surface area contributed by atoms with Crippen LogP contribution in [0.3, 0.4) is 0 Å². The summed E-state index contributed by atoms with van der Waals surface area (Å²) < 4.78 is 19.9. The number of rotatable bonds is 3. The molecule has 0 amide bonds. The van der Waals surface area contributed by atoms with E-state index in [0.717, 1.165) is 42.0 Å². The second kappa shape index (κ2) is 5.88. The molecule has 0 saturated heterocycles. The van der Waals surface area contributed by atoms with Crippen LogP contribution in [0.1, 0.15) is 11.3 Å². The summed E-state index contributed by atoms with van der Waals surface area (Å²) in [5, 5.41) is 4.55. The SMILES string of the molecule is COC(=O)Cn1nc(-c2cccc(F)c2)c2c1CCN(C)C2. The number of likely N-dealkylation sites (N-methyl/N-ethyl adjacent to an activating group) is 1. The Bertz CT molecular complexity index is 711. The number of carbonyl (C=O) groups is 1. The Kier molecular flexibility index (Phi) is 3.94. The Morgan fingerprint density at radius 2 is 2.27 bits per heavy atom. The third-order valence-corrected chi connectivity index (χ3v) is 3.93. The van der Waals surface area contributed by atoms with E-state index in [9.17, 15) is 9.18 Å². The van der Waals surface area contributed by atoms with Crippen LogP contribution in [0.2, 0.25) is 0 Å². The molecular weight excluding hydrogens is 285 g/mol. The Hall–Kier alpha value is -2.21. The topological polar surface area (TPSA) is 47.4 Å². The highest BCUT2D eigenvalue weighted by Crippen LogP contribution is 2.30. The van der Waals surface area contributed by atoms with E-state index in [4.69, 9.17) is 4.74 Å². The lowest BCUT2D eigenvalue weighted by atomic mass is 10.0. The number of aromatic nitrogens is 2. The van der Waals surface area contributed by atoms with Gasteiger partial charge in [0.2, 0.25) is 0 Å². The Morgan fingerprint density at radius 1 is 1.45 bits per heavy atom. The first-order valence-corrected chi connectivity index (χ1v) is 7.18. The van der Waals surface area contributed by atoms with Crippen LogP contribution in [0.15, 0.2) is 24.3 Å². The smallest absolute Gasteiger partial charge is 0.327 e. The van der Waals surface area contributed by atoms with Gasteiger partial charge in [-0.3, -0.25) is 9.48 Å². The highest BCUT2D eigenvalue weighted by molar-refractivity contribution is 5.70. The number of fused-ring (bicyclic) bond motifs is 1. The maximum Gasteiger partial charge on any atom is 0.327 e. The molecule has 1 aromatic heterocycles. The molecule has 0 saturated carbocycles. The van der Waals surface area contributed by atoms with Crippen molar-refractivity contribution in [2.75, 3.05) is 20.7 Å². The molecule has 22 heavy (non-hydrogen) atoms. The third kappa shape index (κ3) is 2.74. The molecule has 0 atom stereocenters. The minimum absolute atomic E-state index is 0.0812. The number of esters is 1. The lowest BCUT2D eigenvalue weighted by molar-refractivity contribution is -0.141. The normalized spacial score (nSPS) is 14.7. The van der Waals surface area contributed by atoms with Gasteiger partial charge in [0.25, 0.3) is 0 Å². The van der Waals surface area contributed by atoms with Gasteiger partial charge in [-0.1, -0.05) is 12.1 Å². The van der Waals surface area contributed by atoms with Crippen LogP contribution in [-0.4, -0.2) is 41.4 Å².